The van der Waals surface area contributed by atoms with Crippen molar-refractivity contribution in [3.05, 3.63) is 23.5 Å². The number of terminal acetylenes is 1. The lowest BCUT2D eigenvalue weighted by Crippen LogP contribution is -2.48. The number of halogens is 1. The summed E-state index contributed by atoms with van der Waals surface area (Å²) in [4.78, 5) is 26.1. The van der Waals surface area contributed by atoms with Gasteiger partial charge >= 0.3 is 0 Å². The van der Waals surface area contributed by atoms with Gasteiger partial charge in [-0.15, -0.1) is 6.42 Å². The van der Waals surface area contributed by atoms with Crippen LogP contribution in [-0.4, -0.2) is 24.0 Å². The van der Waals surface area contributed by atoms with Crippen molar-refractivity contribution in [1.82, 2.24) is 5.32 Å². The highest BCUT2D eigenvalue weighted by Gasteiger charge is 2.57. The number of nitrogens with zero attached hydrogens (tertiary/aromatic N) is 1. The summed E-state index contributed by atoms with van der Waals surface area (Å²) >= 11 is 0. The molecule has 1 aromatic rings. The molecule has 1 N–H and O–H groups in total. The minimum atomic E-state index is -0.877. The van der Waals surface area contributed by atoms with Gasteiger partial charge in [0.15, 0.2) is 5.60 Å². The molecule has 1 aliphatic heterocycles. The van der Waals surface area contributed by atoms with Gasteiger partial charge in [0.25, 0.3) is 5.91 Å². The Morgan fingerprint density at radius 2 is 2.12 bits per heavy atom. The fraction of sp³-hybridized carbons (Fsp3) is 0.474. The zero-order chi connectivity index (χ0) is 18.4. The maximum absolute atomic E-state index is 14.4. The molecule has 6 heteroatoms. The van der Waals surface area contributed by atoms with E-state index in [1.807, 2.05) is 0 Å². The van der Waals surface area contributed by atoms with Gasteiger partial charge in [0.05, 0.1) is 12.2 Å². The van der Waals surface area contributed by atoms with Gasteiger partial charge < -0.3 is 10.1 Å². The van der Waals surface area contributed by atoms with Crippen LogP contribution in [0.25, 0.3) is 0 Å². The summed E-state index contributed by atoms with van der Waals surface area (Å²) in [6.45, 7) is 5.46. The SMILES string of the molecule is C#CCN1C(=O)C2(CC2)Oc2cc(F)c(CNC(=O)C(C)(C)C)cc21. The number of ether oxygens (including phenoxy) is 1. The molecule has 3 rings (SSSR count). The summed E-state index contributed by atoms with van der Waals surface area (Å²) in [7, 11) is 0. The van der Waals surface area contributed by atoms with E-state index in [0.717, 1.165) is 0 Å². The largest absolute Gasteiger partial charge is 0.475 e. The van der Waals surface area contributed by atoms with E-state index in [0.29, 0.717) is 24.3 Å². The van der Waals surface area contributed by atoms with Gasteiger partial charge in [-0.25, -0.2) is 4.39 Å². The lowest BCUT2D eigenvalue weighted by molar-refractivity contribution is -0.129. The molecule has 0 saturated heterocycles. The van der Waals surface area contributed by atoms with Crippen LogP contribution in [0.15, 0.2) is 12.1 Å². The minimum Gasteiger partial charge on any atom is -0.475 e. The van der Waals surface area contributed by atoms with Crippen molar-refractivity contribution >= 4 is 17.5 Å². The van der Waals surface area contributed by atoms with Gasteiger partial charge in [-0.3, -0.25) is 14.5 Å². The van der Waals surface area contributed by atoms with Crippen LogP contribution in [0, 0.1) is 23.6 Å². The fourth-order valence-corrected chi connectivity index (χ4v) is 2.74. The van der Waals surface area contributed by atoms with Crippen molar-refractivity contribution in [3.63, 3.8) is 0 Å². The normalized spacial score (nSPS) is 17.6. The molecule has 2 aliphatic rings. The number of amides is 2. The van der Waals surface area contributed by atoms with Crippen LogP contribution < -0.4 is 15.0 Å². The molecule has 0 unspecified atom stereocenters. The third-order valence-electron chi connectivity index (χ3n) is 4.43. The number of anilines is 1. The second kappa shape index (κ2) is 5.76. The number of benzene rings is 1. The molecule has 1 spiro atoms. The predicted molar refractivity (Wildman–Crippen MR) is 91.5 cm³/mol. The summed E-state index contributed by atoms with van der Waals surface area (Å²) in [5.41, 5.74) is -0.723. The number of hydrogen-bond acceptors (Lipinski definition) is 3. The van der Waals surface area contributed by atoms with Crippen molar-refractivity contribution in [2.75, 3.05) is 11.4 Å². The average Bonchev–Trinajstić information content (AvgIpc) is 3.30. The third kappa shape index (κ3) is 3.07. The molecule has 1 aromatic carbocycles. The van der Waals surface area contributed by atoms with Gasteiger partial charge in [0.2, 0.25) is 5.91 Å². The maximum Gasteiger partial charge on any atom is 0.272 e. The number of hydrogen-bond donors (Lipinski definition) is 1. The molecule has 0 radical (unpaired) electrons. The van der Waals surface area contributed by atoms with Gasteiger partial charge in [-0.05, 0) is 6.07 Å². The number of fused-ring (bicyclic) bond motifs is 1. The molecule has 132 valence electrons. The van der Waals surface area contributed by atoms with E-state index in [9.17, 15) is 14.0 Å². The van der Waals surface area contributed by atoms with Crippen LogP contribution in [0.3, 0.4) is 0 Å². The van der Waals surface area contributed by atoms with Crippen molar-refractivity contribution in [1.29, 1.82) is 0 Å². The molecular weight excluding hydrogens is 323 g/mol. The average molecular weight is 344 g/mol. The van der Waals surface area contributed by atoms with Gasteiger partial charge in [0, 0.05) is 36.4 Å². The summed E-state index contributed by atoms with van der Waals surface area (Å²) in [6.07, 6.45) is 6.60. The van der Waals surface area contributed by atoms with Crippen LogP contribution in [-0.2, 0) is 16.1 Å². The molecular formula is C19H21FN2O3. The van der Waals surface area contributed by atoms with E-state index in [1.54, 1.807) is 20.8 Å². The van der Waals surface area contributed by atoms with E-state index in [-0.39, 0.29) is 30.5 Å². The lowest BCUT2D eigenvalue weighted by Gasteiger charge is -2.34. The Morgan fingerprint density at radius 3 is 2.68 bits per heavy atom. The second-order valence-corrected chi connectivity index (χ2v) is 7.54. The smallest absolute Gasteiger partial charge is 0.272 e. The summed E-state index contributed by atoms with van der Waals surface area (Å²) in [5, 5.41) is 2.71. The Morgan fingerprint density at radius 1 is 1.44 bits per heavy atom. The highest BCUT2D eigenvalue weighted by Crippen LogP contribution is 2.49. The van der Waals surface area contributed by atoms with E-state index in [1.165, 1.54) is 17.0 Å². The Labute approximate surface area is 146 Å². The number of rotatable bonds is 3. The topological polar surface area (TPSA) is 58.6 Å². The van der Waals surface area contributed by atoms with Gasteiger partial charge in [-0.1, -0.05) is 26.7 Å². The van der Waals surface area contributed by atoms with Crippen LogP contribution in [0.1, 0.15) is 39.2 Å². The Kier molecular flexibility index (Phi) is 3.98. The van der Waals surface area contributed by atoms with Gasteiger partial charge in [-0.2, -0.15) is 0 Å². The van der Waals surface area contributed by atoms with E-state index in [4.69, 9.17) is 11.2 Å². The molecule has 2 amide bonds. The Hall–Kier alpha value is -2.55. The molecule has 0 atom stereocenters. The highest BCUT2D eigenvalue weighted by atomic mass is 19.1. The zero-order valence-electron chi connectivity index (χ0n) is 14.6. The van der Waals surface area contributed by atoms with Crippen LogP contribution in [0.2, 0.25) is 0 Å². The number of carbonyl (C=O) groups is 2. The second-order valence-electron chi connectivity index (χ2n) is 7.54. The molecule has 0 bridgehead atoms. The molecule has 1 saturated carbocycles. The molecule has 1 heterocycles. The zero-order valence-corrected chi connectivity index (χ0v) is 14.6. The van der Waals surface area contributed by atoms with E-state index in [2.05, 4.69) is 11.2 Å². The Balaban J connectivity index is 1.90. The standard InChI is InChI=1S/C19H21FN2O3/c1-5-8-22-14-9-12(11-21-16(23)18(2,3)4)13(20)10-15(14)25-19(6-7-19)17(22)24/h1,9-10H,6-8,11H2,2-4H3,(H,21,23). The molecule has 25 heavy (non-hydrogen) atoms. The van der Waals surface area contributed by atoms with Crippen LogP contribution in [0.4, 0.5) is 10.1 Å². The lowest BCUT2D eigenvalue weighted by atomic mass is 9.95. The van der Waals surface area contributed by atoms with Gasteiger partial charge in [0.1, 0.15) is 11.6 Å². The first-order valence-corrected chi connectivity index (χ1v) is 8.23. The monoisotopic (exact) mass is 344 g/mol. The first kappa shape index (κ1) is 17.3. The number of nitrogens with one attached hydrogen (secondary N) is 1. The van der Waals surface area contributed by atoms with Crippen molar-refractivity contribution in [2.45, 2.75) is 45.8 Å². The summed E-state index contributed by atoms with van der Waals surface area (Å²) in [5.74, 6) is 1.92. The predicted octanol–water partition coefficient (Wildman–Crippen LogP) is 2.38. The molecule has 1 aliphatic carbocycles. The third-order valence-corrected chi connectivity index (χ3v) is 4.43. The fourth-order valence-electron chi connectivity index (χ4n) is 2.74. The molecule has 1 fully saturated rings. The summed E-state index contributed by atoms with van der Waals surface area (Å²) < 4.78 is 20.2. The van der Waals surface area contributed by atoms with Crippen molar-refractivity contribution in [2.24, 2.45) is 5.41 Å². The summed E-state index contributed by atoms with van der Waals surface area (Å²) in [6, 6.07) is 2.79. The quantitative estimate of drug-likeness (QED) is 0.857. The maximum atomic E-state index is 14.4. The van der Waals surface area contributed by atoms with Crippen molar-refractivity contribution in [3.8, 4) is 18.1 Å². The van der Waals surface area contributed by atoms with Crippen molar-refractivity contribution < 1.29 is 18.7 Å². The molecule has 0 aromatic heterocycles. The first-order valence-electron chi connectivity index (χ1n) is 8.23. The van der Waals surface area contributed by atoms with E-state index >= 15 is 0 Å². The minimum absolute atomic E-state index is 0.0262. The molecule has 5 nitrogen and oxygen atoms in total. The number of carbonyl (C=O) groups excluding carboxylic acids is 2. The first-order chi connectivity index (χ1) is 11.7. The van der Waals surface area contributed by atoms with Crippen LogP contribution >= 0.6 is 0 Å². The van der Waals surface area contributed by atoms with E-state index < -0.39 is 16.8 Å². The highest BCUT2D eigenvalue weighted by molar-refractivity contribution is 6.05. The van der Waals surface area contributed by atoms with Crippen LogP contribution in [0.5, 0.6) is 5.75 Å². The Bertz CT molecular complexity index is 785.